The van der Waals surface area contributed by atoms with E-state index in [0.29, 0.717) is 37.5 Å². The molecule has 44 heavy (non-hydrogen) atoms. The number of hydrogen-bond donors (Lipinski definition) is 5. The fraction of sp³-hybridized carbons (Fsp3) is 0.727. The van der Waals surface area contributed by atoms with Crippen LogP contribution in [-0.2, 0) is 14.3 Å². The summed E-state index contributed by atoms with van der Waals surface area (Å²) in [4.78, 5) is 37.8. The summed E-state index contributed by atoms with van der Waals surface area (Å²) < 4.78 is 10.9. The van der Waals surface area contributed by atoms with Gasteiger partial charge in [-0.1, -0.05) is 46.2 Å². The lowest BCUT2D eigenvalue weighted by molar-refractivity contribution is -0.133. The zero-order valence-corrected chi connectivity index (χ0v) is 28.3. The van der Waals surface area contributed by atoms with Gasteiger partial charge in [-0.2, -0.15) is 0 Å². The van der Waals surface area contributed by atoms with E-state index in [4.69, 9.17) is 15.2 Å². The molecule has 0 spiro atoms. The molecule has 5 atom stereocenters. The van der Waals surface area contributed by atoms with Gasteiger partial charge in [0.1, 0.15) is 5.75 Å². The molecule has 0 saturated heterocycles. The van der Waals surface area contributed by atoms with E-state index in [2.05, 4.69) is 29.8 Å². The smallest absolute Gasteiger partial charge is 0.255 e. The van der Waals surface area contributed by atoms with Gasteiger partial charge < -0.3 is 36.3 Å². The van der Waals surface area contributed by atoms with Crippen molar-refractivity contribution in [3.8, 4) is 5.75 Å². The lowest BCUT2D eigenvalue weighted by Crippen LogP contribution is -2.50. The largest absolute Gasteiger partial charge is 0.493 e. The maximum absolute atomic E-state index is 13.2. The summed E-state index contributed by atoms with van der Waals surface area (Å²) >= 11 is 0. The second-order valence-corrected chi connectivity index (χ2v) is 12.9. The van der Waals surface area contributed by atoms with Gasteiger partial charge in [0.15, 0.2) is 0 Å². The first kappa shape index (κ1) is 39.6. The zero-order valence-electron chi connectivity index (χ0n) is 27.5. The Bertz CT molecular complexity index is 1020. The van der Waals surface area contributed by atoms with Gasteiger partial charge in [0.25, 0.3) is 5.91 Å². The monoisotopic (exact) mass is 640 g/mol. The Labute approximate surface area is 270 Å². The lowest BCUT2D eigenvalue weighted by atomic mass is 9.69. The second-order valence-electron chi connectivity index (χ2n) is 12.9. The summed E-state index contributed by atoms with van der Waals surface area (Å²) in [5.74, 6) is 0.516. The van der Waals surface area contributed by atoms with Crippen molar-refractivity contribution in [2.75, 3.05) is 33.4 Å². The second kappa shape index (κ2) is 19.9. The molecule has 1 fully saturated rings. The number of halogens is 1. The molecule has 10 nitrogen and oxygen atoms in total. The summed E-state index contributed by atoms with van der Waals surface area (Å²) in [7, 11) is 1.67. The predicted octanol–water partition coefficient (Wildman–Crippen LogP) is 3.83. The van der Waals surface area contributed by atoms with Crippen molar-refractivity contribution in [3.05, 3.63) is 29.8 Å². The van der Waals surface area contributed by atoms with Crippen LogP contribution in [0.5, 0.6) is 5.75 Å². The van der Waals surface area contributed by atoms with E-state index < -0.39 is 17.6 Å². The fourth-order valence-corrected chi connectivity index (χ4v) is 5.75. The molecule has 1 aliphatic carbocycles. The van der Waals surface area contributed by atoms with Crippen LogP contribution in [0.15, 0.2) is 24.3 Å². The number of methoxy groups -OCH3 is 1. The van der Waals surface area contributed by atoms with Gasteiger partial charge >= 0.3 is 0 Å². The average molecular weight is 641 g/mol. The molecule has 0 radical (unpaired) electrons. The van der Waals surface area contributed by atoms with Crippen molar-refractivity contribution in [1.82, 2.24) is 16.0 Å². The summed E-state index contributed by atoms with van der Waals surface area (Å²) in [6, 6.07) is 6.71. The van der Waals surface area contributed by atoms with Crippen molar-refractivity contribution in [3.63, 3.8) is 0 Å². The highest BCUT2D eigenvalue weighted by molar-refractivity contribution is 5.96. The summed E-state index contributed by atoms with van der Waals surface area (Å²) in [6.07, 6.45) is 4.83. The minimum absolute atomic E-state index is 0. The third kappa shape index (κ3) is 12.9. The minimum Gasteiger partial charge on any atom is -0.493 e. The summed E-state index contributed by atoms with van der Waals surface area (Å²) in [5, 5.41) is 19.8. The standard InChI is InChI=1S/C33H56N4O6.ClH/c1-22(2)24(20-35-31(40)27-14-7-8-15-30(27)43-17-10-9-16-42-6)18-28(34)29(39)21-36-32(41)33(4,5)25-12-11-13-26(19-25)37-23(3)38;/h7-8,14-15,22,24-26,28-29,39H,9-13,16-21,34H2,1-6H3,(H,35,40)(H,36,41)(H,37,38);1H/t24-,25-,26+,28+,29+;/m1./s1. The Hall–Kier alpha value is -2.40. The number of nitrogens with two attached hydrogens (primary N) is 1. The first-order chi connectivity index (χ1) is 20.4. The summed E-state index contributed by atoms with van der Waals surface area (Å²) in [6.45, 7) is 11.1. The van der Waals surface area contributed by atoms with Crippen molar-refractivity contribution in [1.29, 1.82) is 0 Å². The van der Waals surface area contributed by atoms with E-state index in [1.807, 2.05) is 26.0 Å². The van der Waals surface area contributed by atoms with Crippen molar-refractivity contribution < 1.29 is 29.0 Å². The van der Waals surface area contributed by atoms with Crippen molar-refractivity contribution in [2.45, 2.75) is 97.8 Å². The van der Waals surface area contributed by atoms with Crippen LogP contribution in [0.25, 0.3) is 0 Å². The Balaban J connectivity index is 0.00000968. The molecule has 252 valence electrons. The Morgan fingerprint density at radius 3 is 2.41 bits per heavy atom. The van der Waals surface area contributed by atoms with E-state index in [1.165, 1.54) is 6.92 Å². The molecule has 0 bridgehead atoms. The van der Waals surface area contributed by atoms with Crippen LogP contribution in [0.1, 0.15) is 89.9 Å². The van der Waals surface area contributed by atoms with E-state index >= 15 is 0 Å². The molecule has 0 aliphatic heterocycles. The Morgan fingerprint density at radius 1 is 1.07 bits per heavy atom. The van der Waals surface area contributed by atoms with Crippen molar-refractivity contribution in [2.24, 2.45) is 28.9 Å². The maximum Gasteiger partial charge on any atom is 0.255 e. The Morgan fingerprint density at radius 2 is 1.75 bits per heavy atom. The van der Waals surface area contributed by atoms with Crippen LogP contribution in [0.4, 0.5) is 0 Å². The SMILES string of the molecule is COCCCCOc1ccccc1C(=O)NC[C@@H](C[C@H](N)[C@@H](O)CNC(=O)C(C)(C)[C@@H]1CCC[C@H](NC(C)=O)C1)C(C)C.Cl. The minimum atomic E-state index is -0.928. The number of ether oxygens (including phenoxy) is 2. The van der Waals surface area contributed by atoms with Gasteiger partial charge in [-0.15, -0.1) is 12.4 Å². The van der Waals surface area contributed by atoms with Gasteiger partial charge in [-0.3, -0.25) is 14.4 Å². The van der Waals surface area contributed by atoms with Crippen LogP contribution in [-0.4, -0.2) is 74.4 Å². The van der Waals surface area contributed by atoms with Gasteiger partial charge in [-0.25, -0.2) is 0 Å². The van der Waals surface area contributed by atoms with Crippen LogP contribution >= 0.6 is 12.4 Å². The van der Waals surface area contributed by atoms with Gasteiger partial charge in [0, 0.05) is 51.2 Å². The van der Waals surface area contributed by atoms with Gasteiger partial charge in [0.2, 0.25) is 11.8 Å². The first-order valence-electron chi connectivity index (χ1n) is 15.8. The third-order valence-corrected chi connectivity index (χ3v) is 8.83. The van der Waals surface area contributed by atoms with Gasteiger partial charge in [-0.05, 0) is 68.4 Å². The number of unbranched alkanes of at least 4 members (excludes halogenated alkanes) is 1. The molecular formula is C33H57ClN4O6. The van der Waals surface area contributed by atoms with E-state index in [-0.39, 0.29) is 60.5 Å². The third-order valence-electron chi connectivity index (χ3n) is 8.83. The number of carbonyl (C=O) groups is 3. The number of nitrogens with one attached hydrogen (secondary N) is 3. The van der Waals surface area contributed by atoms with E-state index in [0.717, 1.165) is 38.5 Å². The number of aliphatic hydroxyl groups is 1. The van der Waals surface area contributed by atoms with Gasteiger partial charge in [0.05, 0.1) is 18.3 Å². The maximum atomic E-state index is 13.2. The van der Waals surface area contributed by atoms with Crippen molar-refractivity contribution >= 4 is 30.1 Å². The molecule has 1 aromatic carbocycles. The highest BCUT2D eigenvalue weighted by atomic mass is 35.5. The first-order valence-corrected chi connectivity index (χ1v) is 15.8. The molecule has 0 heterocycles. The molecule has 6 N–H and O–H groups in total. The number of hydrogen-bond acceptors (Lipinski definition) is 7. The number of aliphatic hydroxyl groups excluding tert-OH is 1. The molecule has 1 aliphatic rings. The molecule has 0 aromatic heterocycles. The molecule has 0 unspecified atom stereocenters. The topological polar surface area (TPSA) is 152 Å². The van der Waals surface area contributed by atoms with E-state index in [9.17, 15) is 19.5 Å². The quantitative estimate of drug-likeness (QED) is 0.153. The zero-order chi connectivity index (χ0) is 32.0. The molecular weight excluding hydrogens is 584 g/mol. The number of carbonyl (C=O) groups excluding carboxylic acids is 3. The Kier molecular flexibility index (Phi) is 17.9. The fourth-order valence-electron chi connectivity index (χ4n) is 5.75. The summed E-state index contributed by atoms with van der Waals surface area (Å²) in [5.41, 5.74) is 6.24. The number of amides is 3. The van der Waals surface area contributed by atoms with Crippen LogP contribution in [0.3, 0.4) is 0 Å². The lowest BCUT2D eigenvalue weighted by Gasteiger charge is -2.39. The van der Waals surface area contributed by atoms with Crippen LogP contribution in [0.2, 0.25) is 0 Å². The molecule has 1 saturated carbocycles. The highest BCUT2D eigenvalue weighted by Gasteiger charge is 2.40. The average Bonchev–Trinajstić information content (AvgIpc) is 2.97. The normalized spacial score (nSPS) is 18.8. The molecule has 11 heteroatoms. The predicted molar refractivity (Wildman–Crippen MR) is 176 cm³/mol. The molecule has 1 aromatic rings. The molecule has 3 amide bonds. The molecule has 2 rings (SSSR count). The van der Waals surface area contributed by atoms with E-state index in [1.54, 1.807) is 19.2 Å². The highest BCUT2D eigenvalue weighted by Crippen LogP contribution is 2.38. The number of rotatable bonds is 18. The van der Waals surface area contributed by atoms with Crippen LogP contribution in [0, 0.1) is 23.2 Å². The number of benzene rings is 1. The van der Waals surface area contributed by atoms with Crippen LogP contribution < -0.4 is 26.4 Å². The number of para-hydroxylation sites is 1.